The lowest BCUT2D eigenvalue weighted by Crippen LogP contribution is -2.23. The summed E-state index contributed by atoms with van der Waals surface area (Å²) in [6, 6.07) is 13.8. The fraction of sp³-hybridized carbons (Fsp3) is 0.143. The number of rotatable bonds is 4. The van der Waals surface area contributed by atoms with Gasteiger partial charge in [-0.3, -0.25) is 0 Å². The van der Waals surface area contributed by atoms with Gasteiger partial charge in [0.05, 0.1) is 4.90 Å². The third-order valence-corrected chi connectivity index (χ3v) is 4.32. The number of nitrogen functional groups attached to an aromatic ring is 1. The third kappa shape index (κ3) is 3.33. The van der Waals surface area contributed by atoms with Crippen molar-refractivity contribution < 1.29 is 8.42 Å². The first-order valence-corrected chi connectivity index (χ1v) is 7.37. The summed E-state index contributed by atoms with van der Waals surface area (Å²) in [6.07, 6.45) is 0. The summed E-state index contributed by atoms with van der Waals surface area (Å²) in [4.78, 5) is 0.218. The Kier molecular flexibility index (Phi) is 3.87. The first-order valence-electron chi connectivity index (χ1n) is 5.89. The lowest BCUT2D eigenvalue weighted by molar-refractivity contribution is 0.581. The van der Waals surface area contributed by atoms with Gasteiger partial charge in [0, 0.05) is 12.2 Å². The standard InChI is InChI=1S/C14H16N2O2S/c1-11-4-2-3-5-12(11)10-16-19(17,18)14-8-6-13(15)7-9-14/h2-9,16H,10,15H2,1H3. The molecule has 100 valence electrons. The van der Waals surface area contributed by atoms with Crippen molar-refractivity contribution in [1.29, 1.82) is 0 Å². The molecule has 0 unspecified atom stereocenters. The Balaban J connectivity index is 2.14. The smallest absolute Gasteiger partial charge is 0.240 e. The topological polar surface area (TPSA) is 72.2 Å². The molecule has 3 N–H and O–H groups in total. The molecule has 2 rings (SSSR count). The highest BCUT2D eigenvalue weighted by Gasteiger charge is 2.13. The Labute approximate surface area is 113 Å². The summed E-state index contributed by atoms with van der Waals surface area (Å²) < 4.78 is 26.7. The van der Waals surface area contributed by atoms with Gasteiger partial charge in [-0.2, -0.15) is 0 Å². The molecular weight excluding hydrogens is 260 g/mol. The molecule has 0 aromatic heterocycles. The number of nitrogens with two attached hydrogens (primary N) is 1. The predicted molar refractivity (Wildman–Crippen MR) is 76.1 cm³/mol. The van der Waals surface area contributed by atoms with Crippen LogP contribution in [-0.4, -0.2) is 8.42 Å². The second-order valence-electron chi connectivity index (χ2n) is 4.32. The van der Waals surface area contributed by atoms with Crippen LogP contribution < -0.4 is 10.5 Å². The average Bonchev–Trinajstić information content (AvgIpc) is 2.38. The number of benzene rings is 2. The Morgan fingerprint density at radius 2 is 1.68 bits per heavy atom. The SMILES string of the molecule is Cc1ccccc1CNS(=O)(=O)c1ccc(N)cc1. The minimum Gasteiger partial charge on any atom is -0.399 e. The molecule has 0 atom stereocenters. The monoisotopic (exact) mass is 276 g/mol. The zero-order chi connectivity index (χ0) is 13.9. The van der Waals surface area contributed by atoms with Crippen LogP contribution in [0.4, 0.5) is 5.69 Å². The van der Waals surface area contributed by atoms with Crippen LogP contribution in [0, 0.1) is 6.92 Å². The van der Waals surface area contributed by atoms with Crippen molar-refractivity contribution >= 4 is 15.7 Å². The Morgan fingerprint density at radius 3 is 2.32 bits per heavy atom. The minimum atomic E-state index is -3.50. The van der Waals surface area contributed by atoms with Crippen molar-refractivity contribution in [1.82, 2.24) is 4.72 Å². The van der Waals surface area contributed by atoms with Crippen LogP contribution in [0.5, 0.6) is 0 Å². The zero-order valence-corrected chi connectivity index (χ0v) is 11.4. The maximum Gasteiger partial charge on any atom is 0.240 e. The highest BCUT2D eigenvalue weighted by Crippen LogP contribution is 2.13. The van der Waals surface area contributed by atoms with E-state index >= 15 is 0 Å². The predicted octanol–water partition coefficient (Wildman–Crippen LogP) is 2.06. The molecule has 0 aliphatic carbocycles. The summed E-state index contributed by atoms with van der Waals surface area (Å²) in [5, 5.41) is 0. The first-order chi connectivity index (χ1) is 8.99. The molecule has 0 aliphatic rings. The fourth-order valence-electron chi connectivity index (χ4n) is 1.71. The van der Waals surface area contributed by atoms with E-state index in [4.69, 9.17) is 5.73 Å². The van der Waals surface area contributed by atoms with Gasteiger partial charge in [-0.15, -0.1) is 0 Å². The van der Waals surface area contributed by atoms with Gasteiger partial charge in [0.25, 0.3) is 0 Å². The molecule has 0 fully saturated rings. The average molecular weight is 276 g/mol. The van der Waals surface area contributed by atoms with Gasteiger partial charge < -0.3 is 5.73 Å². The maximum absolute atomic E-state index is 12.1. The van der Waals surface area contributed by atoms with E-state index in [1.807, 2.05) is 31.2 Å². The van der Waals surface area contributed by atoms with Crippen LogP contribution in [0.1, 0.15) is 11.1 Å². The summed E-state index contributed by atoms with van der Waals surface area (Å²) >= 11 is 0. The first kappa shape index (κ1) is 13.6. The van der Waals surface area contributed by atoms with E-state index in [-0.39, 0.29) is 11.4 Å². The van der Waals surface area contributed by atoms with E-state index in [9.17, 15) is 8.42 Å². The quantitative estimate of drug-likeness (QED) is 0.840. The number of hydrogen-bond donors (Lipinski definition) is 2. The number of hydrogen-bond acceptors (Lipinski definition) is 3. The molecule has 0 heterocycles. The number of aryl methyl sites for hydroxylation is 1. The second kappa shape index (κ2) is 5.42. The minimum absolute atomic E-state index is 0.218. The molecule has 19 heavy (non-hydrogen) atoms. The van der Waals surface area contributed by atoms with Crippen LogP contribution >= 0.6 is 0 Å². The Hall–Kier alpha value is -1.85. The summed E-state index contributed by atoms with van der Waals surface area (Å²) in [5.74, 6) is 0. The van der Waals surface area contributed by atoms with Gasteiger partial charge in [0.1, 0.15) is 0 Å². The van der Waals surface area contributed by atoms with Gasteiger partial charge >= 0.3 is 0 Å². The van der Waals surface area contributed by atoms with Gasteiger partial charge in [-0.25, -0.2) is 13.1 Å². The Morgan fingerprint density at radius 1 is 1.05 bits per heavy atom. The van der Waals surface area contributed by atoms with Crippen molar-refractivity contribution in [3.63, 3.8) is 0 Å². The molecule has 5 heteroatoms. The van der Waals surface area contributed by atoms with Gasteiger partial charge in [-0.05, 0) is 42.3 Å². The van der Waals surface area contributed by atoms with Crippen LogP contribution in [0.2, 0.25) is 0 Å². The van der Waals surface area contributed by atoms with Crippen molar-refractivity contribution in [2.75, 3.05) is 5.73 Å². The highest BCUT2D eigenvalue weighted by molar-refractivity contribution is 7.89. The van der Waals surface area contributed by atoms with Crippen LogP contribution in [0.15, 0.2) is 53.4 Å². The van der Waals surface area contributed by atoms with Crippen LogP contribution in [-0.2, 0) is 16.6 Å². The van der Waals surface area contributed by atoms with E-state index in [0.29, 0.717) is 5.69 Å². The second-order valence-corrected chi connectivity index (χ2v) is 6.09. The molecule has 0 amide bonds. The van der Waals surface area contributed by atoms with Crippen LogP contribution in [0.25, 0.3) is 0 Å². The van der Waals surface area contributed by atoms with Crippen molar-refractivity contribution in [3.8, 4) is 0 Å². The van der Waals surface area contributed by atoms with Crippen molar-refractivity contribution in [2.24, 2.45) is 0 Å². The highest BCUT2D eigenvalue weighted by atomic mass is 32.2. The largest absolute Gasteiger partial charge is 0.399 e. The molecule has 2 aromatic rings. The maximum atomic E-state index is 12.1. The lowest BCUT2D eigenvalue weighted by Gasteiger charge is -2.09. The van der Waals surface area contributed by atoms with Crippen molar-refractivity contribution in [3.05, 3.63) is 59.7 Å². The van der Waals surface area contributed by atoms with Crippen LogP contribution in [0.3, 0.4) is 0 Å². The van der Waals surface area contributed by atoms with Gasteiger partial charge in [0.2, 0.25) is 10.0 Å². The van der Waals surface area contributed by atoms with Crippen molar-refractivity contribution in [2.45, 2.75) is 18.4 Å². The number of anilines is 1. The van der Waals surface area contributed by atoms with Gasteiger partial charge in [0.15, 0.2) is 0 Å². The molecule has 0 aliphatic heterocycles. The molecule has 4 nitrogen and oxygen atoms in total. The molecule has 0 radical (unpaired) electrons. The van der Waals surface area contributed by atoms with E-state index in [2.05, 4.69) is 4.72 Å². The normalized spacial score (nSPS) is 11.4. The summed E-state index contributed by atoms with van der Waals surface area (Å²) in [5.41, 5.74) is 8.10. The zero-order valence-electron chi connectivity index (χ0n) is 10.6. The van der Waals surface area contributed by atoms with E-state index in [0.717, 1.165) is 11.1 Å². The molecule has 0 saturated carbocycles. The number of nitrogens with one attached hydrogen (secondary N) is 1. The fourth-order valence-corrected chi connectivity index (χ4v) is 2.72. The molecule has 0 bridgehead atoms. The number of sulfonamides is 1. The molecular formula is C14H16N2O2S. The molecule has 0 saturated heterocycles. The lowest BCUT2D eigenvalue weighted by atomic mass is 10.1. The Bertz CT molecular complexity index is 664. The summed E-state index contributed by atoms with van der Waals surface area (Å²) in [6.45, 7) is 2.23. The van der Waals surface area contributed by atoms with E-state index in [1.54, 1.807) is 12.1 Å². The third-order valence-electron chi connectivity index (χ3n) is 2.90. The van der Waals surface area contributed by atoms with Gasteiger partial charge in [-0.1, -0.05) is 24.3 Å². The molecule has 0 spiro atoms. The molecule has 2 aromatic carbocycles. The summed E-state index contributed by atoms with van der Waals surface area (Å²) in [7, 11) is -3.50. The van der Waals surface area contributed by atoms with E-state index in [1.165, 1.54) is 12.1 Å². The van der Waals surface area contributed by atoms with E-state index < -0.39 is 10.0 Å².